The predicted molar refractivity (Wildman–Crippen MR) is 55.5 cm³/mol. The Morgan fingerprint density at radius 2 is 2.29 bits per heavy atom. The van der Waals surface area contributed by atoms with Crippen LogP contribution in [0.15, 0.2) is 6.07 Å². The number of nitrogens with two attached hydrogens (primary N) is 1. The molecule has 14 heavy (non-hydrogen) atoms. The van der Waals surface area contributed by atoms with Crippen molar-refractivity contribution >= 4 is 40.7 Å². The highest BCUT2D eigenvalue weighted by Gasteiger charge is 2.18. The van der Waals surface area contributed by atoms with Gasteiger partial charge >= 0.3 is 0 Å². The average molecular weight is 258 g/mol. The Labute approximate surface area is 99.7 Å². The molecule has 0 fully saturated rings. The summed E-state index contributed by atoms with van der Waals surface area (Å²) in [5.74, 6) is 4.08. The zero-order chi connectivity index (χ0) is 13.4. The lowest BCUT2D eigenvalue weighted by molar-refractivity contribution is 0.0795. The predicted octanol–water partition coefficient (Wildman–Crippen LogP) is 1.99. The van der Waals surface area contributed by atoms with Crippen LogP contribution in [0.1, 0.15) is 14.5 Å². The van der Waals surface area contributed by atoms with Gasteiger partial charge in [-0.05, 0) is 6.07 Å². The molecule has 4 nitrogen and oxygen atoms in total. The van der Waals surface area contributed by atoms with Gasteiger partial charge in [0, 0.05) is 11.1 Å². The van der Waals surface area contributed by atoms with Gasteiger partial charge in [0.2, 0.25) is 0 Å². The zero-order valence-electron chi connectivity index (χ0n) is 9.59. The summed E-state index contributed by atoms with van der Waals surface area (Å²) in [5.41, 5.74) is -0.309. The van der Waals surface area contributed by atoms with Gasteiger partial charge in [-0.2, -0.15) is 0 Å². The molecule has 0 spiro atoms. The molecule has 76 valence electrons. The molecular weight excluding hydrogens is 248 g/mol. The molecule has 0 aromatic carbocycles. The maximum atomic E-state index is 11.7. The molecule has 1 heterocycles. The monoisotopic (exact) mass is 256 g/mol. The van der Waals surface area contributed by atoms with Gasteiger partial charge < -0.3 is 0 Å². The molecule has 1 amide bonds. The van der Waals surface area contributed by atoms with E-state index in [9.17, 15) is 4.79 Å². The van der Waals surface area contributed by atoms with Crippen molar-refractivity contribution in [2.45, 2.75) is 0 Å². The molecule has 0 aliphatic carbocycles. The van der Waals surface area contributed by atoms with Crippen molar-refractivity contribution < 1.29 is 8.91 Å². The molecule has 0 aliphatic heterocycles. The number of amides is 1. The van der Waals surface area contributed by atoms with Gasteiger partial charge in [-0.1, -0.05) is 34.8 Å². The summed E-state index contributed by atoms with van der Waals surface area (Å²) < 4.78 is 20.9. The average Bonchev–Trinajstić information content (AvgIpc) is 2.13. The maximum absolute atomic E-state index is 11.7. The number of carbonyl (C=O) groups excluding carboxylic acids is 1. The third-order valence-corrected chi connectivity index (χ3v) is 2.09. The van der Waals surface area contributed by atoms with Gasteiger partial charge in [0.05, 0.1) is 10.6 Å². The van der Waals surface area contributed by atoms with Crippen LogP contribution in [0, 0.1) is 0 Å². The summed E-state index contributed by atoms with van der Waals surface area (Å²) in [7, 11) is 0. The van der Waals surface area contributed by atoms with Crippen LogP contribution in [0.25, 0.3) is 0 Å². The van der Waals surface area contributed by atoms with Crippen LogP contribution >= 0.6 is 34.8 Å². The SMILES string of the molecule is [2H]C([2H])([2H])N(N)C(=O)c1c(Cl)cc(Cl)nc1Cl. The number of nitrogens with zero attached hydrogens (tertiary/aromatic N) is 2. The molecule has 0 saturated heterocycles. The molecule has 0 aliphatic rings. The lowest BCUT2D eigenvalue weighted by atomic mass is 10.2. The van der Waals surface area contributed by atoms with E-state index in [2.05, 4.69) is 4.98 Å². The Morgan fingerprint density at radius 1 is 1.64 bits per heavy atom. The lowest BCUT2D eigenvalue weighted by Gasteiger charge is -2.11. The number of pyridine rings is 1. The van der Waals surface area contributed by atoms with Crippen LogP contribution in [0.4, 0.5) is 0 Å². The molecule has 0 unspecified atom stereocenters. The highest BCUT2D eigenvalue weighted by Crippen LogP contribution is 2.26. The highest BCUT2D eigenvalue weighted by molar-refractivity contribution is 6.40. The van der Waals surface area contributed by atoms with Crippen molar-refractivity contribution in [1.82, 2.24) is 9.99 Å². The summed E-state index contributed by atoms with van der Waals surface area (Å²) >= 11 is 16.9. The molecule has 1 rings (SSSR count). The molecule has 0 radical (unpaired) electrons. The maximum Gasteiger partial charge on any atom is 0.272 e. The van der Waals surface area contributed by atoms with Gasteiger partial charge in [-0.25, -0.2) is 10.8 Å². The van der Waals surface area contributed by atoms with Crippen molar-refractivity contribution in [2.75, 3.05) is 6.98 Å². The number of aromatic nitrogens is 1. The molecule has 0 saturated carbocycles. The summed E-state index contributed by atoms with van der Waals surface area (Å²) in [5, 5.41) is -0.406. The minimum Gasteiger partial charge on any atom is -0.280 e. The van der Waals surface area contributed by atoms with Gasteiger partial charge in [-0.15, -0.1) is 0 Å². The Morgan fingerprint density at radius 3 is 2.79 bits per heavy atom. The van der Waals surface area contributed by atoms with E-state index in [4.69, 9.17) is 44.8 Å². The Hall–Kier alpha value is -0.550. The van der Waals surface area contributed by atoms with Crippen molar-refractivity contribution in [2.24, 2.45) is 5.84 Å². The Bertz CT molecular complexity index is 442. The van der Waals surface area contributed by atoms with E-state index in [1.165, 1.54) is 0 Å². The Balaban J connectivity index is 3.22. The second-order valence-electron chi connectivity index (χ2n) is 2.27. The summed E-state index contributed by atoms with van der Waals surface area (Å²) in [6.07, 6.45) is 0. The molecular formula is C7H6Cl3N3O. The fourth-order valence-electron chi connectivity index (χ4n) is 0.768. The van der Waals surface area contributed by atoms with Gasteiger partial charge in [0.15, 0.2) is 0 Å². The number of hydrazine groups is 1. The minimum absolute atomic E-state index is 0.0194. The van der Waals surface area contributed by atoms with E-state index in [1.54, 1.807) is 0 Å². The third kappa shape index (κ3) is 2.27. The highest BCUT2D eigenvalue weighted by atomic mass is 35.5. The van der Waals surface area contributed by atoms with Crippen LogP contribution in [-0.2, 0) is 0 Å². The number of halogens is 3. The summed E-state index contributed by atoms with van der Waals surface area (Å²) in [4.78, 5) is 15.3. The quantitative estimate of drug-likeness (QED) is 0.362. The first-order valence-electron chi connectivity index (χ1n) is 4.75. The zero-order valence-corrected chi connectivity index (χ0v) is 8.86. The van der Waals surface area contributed by atoms with E-state index >= 15 is 0 Å². The number of hydrogen-bond acceptors (Lipinski definition) is 3. The van der Waals surface area contributed by atoms with Crippen LogP contribution < -0.4 is 5.84 Å². The molecule has 0 bridgehead atoms. The Kier molecular flexibility index (Phi) is 2.37. The second-order valence-corrected chi connectivity index (χ2v) is 3.42. The van der Waals surface area contributed by atoms with Crippen LogP contribution in [0.3, 0.4) is 0 Å². The first-order valence-corrected chi connectivity index (χ1v) is 4.38. The van der Waals surface area contributed by atoms with Gasteiger partial charge in [0.25, 0.3) is 5.91 Å². The van der Waals surface area contributed by atoms with Crippen LogP contribution in [0.2, 0.25) is 15.3 Å². The van der Waals surface area contributed by atoms with E-state index in [0.717, 1.165) is 6.07 Å². The van der Waals surface area contributed by atoms with Crippen molar-refractivity contribution in [3.05, 3.63) is 27.0 Å². The number of hydrogen-bond donors (Lipinski definition) is 1. The fourth-order valence-corrected chi connectivity index (χ4v) is 1.66. The first kappa shape index (κ1) is 7.70. The van der Waals surface area contributed by atoms with E-state index in [1.807, 2.05) is 0 Å². The van der Waals surface area contributed by atoms with E-state index < -0.39 is 12.9 Å². The van der Waals surface area contributed by atoms with Crippen molar-refractivity contribution in [3.8, 4) is 0 Å². The molecule has 1 aromatic heterocycles. The fraction of sp³-hybridized carbons (Fsp3) is 0.143. The minimum atomic E-state index is -2.80. The molecule has 7 heteroatoms. The largest absolute Gasteiger partial charge is 0.280 e. The van der Waals surface area contributed by atoms with Crippen LogP contribution in [-0.4, -0.2) is 22.9 Å². The van der Waals surface area contributed by atoms with Crippen LogP contribution in [0.5, 0.6) is 0 Å². The molecule has 0 atom stereocenters. The molecule has 2 N–H and O–H groups in total. The smallest absolute Gasteiger partial charge is 0.272 e. The third-order valence-electron chi connectivity index (χ3n) is 1.33. The van der Waals surface area contributed by atoms with E-state index in [-0.39, 0.29) is 25.9 Å². The topological polar surface area (TPSA) is 59.2 Å². The summed E-state index contributed by atoms with van der Waals surface area (Å²) in [6, 6.07) is 1.16. The molecule has 1 aromatic rings. The number of carbonyl (C=O) groups is 1. The van der Waals surface area contributed by atoms with Gasteiger partial charge in [-0.3, -0.25) is 9.80 Å². The van der Waals surface area contributed by atoms with Crippen molar-refractivity contribution in [3.63, 3.8) is 0 Å². The lowest BCUT2D eigenvalue weighted by Crippen LogP contribution is -2.33. The number of rotatable bonds is 1. The second kappa shape index (κ2) is 4.31. The van der Waals surface area contributed by atoms with Gasteiger partial charge in [0.1, 0.15) is 10.3 Å². The normalized spacial score (nSPS) is 14.1. The van der Waals surface area contributed by atoms with E-state index in [0.29, 0.717) is 0 Å². The van der Waals surface area contributed by atoms with Crippen molar-refractivity contribution in [1.29, 1.82) is 0 Å². The summed E-state index contributed by atoms with van der Waals surface area (Å²) in [6.45, 7) is -2.80. The first-order chi connectivity index (χ1) is 7.64. The standard InChI is InChI=1S/C7H6Cl3N3O/c1-13(11)7(14)5-3(8)2-4(9)12-6(5)10/h2H,11H2,1H3/i1D3.